The lowest BCUT2D eigenvalue weighted by atomic mass is 9.89. The van der Waals surface area contributed by atoms with Crippen molar-refractivity contribution in [2.75, 3.05) is 13.1 Å². The summed E-state index contributed by atoms with van der Waals surface area (Å²) in [6, 6.07) is 9.69. The van der Waals surface area contributed by atoms with Gasteiger partial charge in [-0.25, -0.2) is 0 Å². The van der Waals surface area contributed by atoms with Crippen LogP contribution in [0.1, 0.15) is 50.4 Å². The van der Waals surface area contributed by atoms with Crippen molar-refractivity contribution in [2.45, 2.75) is 46.1 Å². The highest BCUT2D eigenvalue weighted by Gasteiger charge is 2.26. The Bertz CT molecular complexity index is 426. The molecule has 0 amide bonds. The second-order valence-corrected chi connectivity index (χ2v) is 6.38. The van der Waals surface area contributed by atoms with Gasteiger partial charge in [0, 0.05) is 5.56 Å². The summed E-state index contributed by atoms with van der Waals surface area (Å²) >= 11 is 0. The molecular weight excluding hydrogens is 246 g/mol. The van der Waals surface area contributed by atoms with Crippen LogP contribution in [0.15, 0.2) is 30.3 Å². The maximum Gasteiger partial charge on any atom is 0.179 e. The quantitative estimate of drug-likeness (QED) is 0.772. The van der Waals surface area contributed by atoms with E-state index in [1.165, 1.54) is 19.3 Å². The second-order valence-electron chi connectivity index (χ2n) is 6.38. The summed E-state index contributed by atoms with van der Waals surface area (Å²) in [5, 5.41) is 0. The predicted octanol–water partition coefficient (Wildman–Crippen LogP) is 4.02. The largest absolute Gasteiger partial charge is 0.293 e. The third kappa shape index (κ3) is 3.69. The number of nitrogens with zero attached hydrogens (tertiary/aromatic N) is 1. The Morgan fingerprint density at radius 3 is 2.45 bits per heavy atom. The number of benzene rings is 1. The van der Waals surface area contributed by atoms with Gasteiger partial charge in [-0.3, -0.25) is 9.69 Å². The fourth-order valence-corrected chi connectivity index (χ4v) is 3.21. The molecule has 1 heterocycles. The molecule has 20 heavy (non-hydrogen) atoms. The summed E-state index contributed by atoms with van der Waals surface area (Å²) in [6.45, 7) is 8.81. The second kappa shape index (κ2) is 7.03. The number of hydrogen-bond donors (Lipinski definition) is 0. The fourth-order valence-electron chi connectivity index (χ4n) is 3.21. The molecule has 0 bridgehead atoms. The minimum atomic E-state index is 0.00307. The van der Waals surface area contributed by atoms with Crippen molar-refractivity contribution in [3.8, 4) is 0 Å². The third-order valence-corrected chi connectivity index (χ3v) is 4.74. The molecule has 0 radical (unpaired) electrons. The molecule has 2 heteroatoms. The molecule has 2 atom stereocenters. The van der Waals surface area contributed by atoms with Crippen LogP contribution < -0.4 is 0 Å². The number of rotatable bonds is 4. The van der Waals surface area contributed by atoms with Crippen LogP contribution in [-0.4, -0.2) is 29.8 Å². The van der Waals surface area contributed by atoms with Crippen LogP contribution in [0.25, 0.3) is 0 Å². The van der Waals surface area contributed by atoms with Crippen LogP contribution >= 0.6 is 0 Å². The van der Waals surface area contributed by atoms with E-state index in [1.54, 1.807) is 0 Å². The van der Waals surface area contributed by atoms with Crippen molar-refractivity contribution in [1.82, 2.24) is 4.90 Å². The van der Waals surface area contributed by atoms with Crippen LogP contribution in [-0.2, 0) is 0 Å². The minimum absolute atomic E-state index is 0.00307. The SMILES string of the molecule is CC(C)C1CCCN(C(C)C(=O)c2ccccc2)CC1. The van der Waals surface area contributed by atoms with Gasteiger partial charge in [-0.1, -0.05) is 44.2 Å². The highest BCUT2D eigenvalue weighted by Crippen LogP contribution is 2.25. The minimum Gasteiger partial charge on any atom is -0.293 e. The molecule has 1 aliphatic heterocycles. The molecule has 0 spiro atoms. The summed E-state index contributed by atoms with van der Waals surface area (Å²) in [7, 11) is 0. The Morgan fingerprint density at radius 1 is 1.10 bits per heavy atom. The maximum atomic E-state index is 12.5. The van der Waals surface area contributed by atoms with Crippen LogP contribution in [0.3, 0.4) is 0 Å². The summed E-state index contributed by atoms with van der Waals surface area (Å²) < 4.78 is 0. The number of ketones is 1. The van der Waals surface area contributed by atoms with Gasteiger partial charge in [0.05, 0.1) is 6.04 Å². The molecule has 2 unspecified atom stereocenters. The Morgan fingerprint density at radius 2 is 1.80 bits per heavy atom. The zero-order valence-corrected chi connectivity index (χ0v) is 13.0. The number of carbonyl (C=O) groups is 1. The average molecular weight is 273 g/mol. The van der Waals surface area contributed by atoms with Crippen molar-refractivity contribution >= 4 is 5.78 Å². The van der Waals surface area contributed by atoms with Gasteiger partial charge < -0.3 is 0 Å². The van der Waals surface area contributed by atoms with E-state index in [-0.39, 0.29) is 11.8 Å². The molecule has 1 aromatic carbocycles. The Hall–Kier alpha value is -1.15. The van der Waals surface area contributed by atoms with Gasteiger partial charge in [-0.2, -0.15) is 0 Å². The summed E-state index contributed by atoms with van der Waals surface area (Å²) in [4.78, 5) is 14.9. The molecule has 1 aliphatic rings. The fraction of sp³-hybridized carbons (Fsp3) is 0.611. The number of hydrogen-bond acceptors (Lipinski definition) is 2. The molecule has 1 saturated heterocycles. The molecular formula is C18H27NO. The average Bonchev–Trinajstić information content (AvgIpc) is 2.72. The first-order valence-corrected chi connectivity index (χ1v) is 7.93. The molecule has 2 rings (SSSR count). The van der Waals surface area contributed by atoms with Gasteiger partial charge in [-0.15, -0.1) is 0 Å². The van der Waals surface area contributed by atoms with Crippen molar-refractivity contribution < 1.29 is 4.79 Å². The smallest absolute Gasteiger partial charge is 0.179 e. The summed E-state index contributed by atoms with van der Waals surface area (Å²) in [6.07, 6.45) is 3.75. The lowest BCUT2D eigenvalue weighted by Crippen LogP contribution is -2.39. The molecule has 0 aliphatic carbocycles. The van der Waals surface area contributed by atoms with Crippen LogP contribution in [0.5, 0.6) is 0 Å². The van der Waals surface area contributed by atoms with Crippen LogP contribution in [0.4, 0.5) is 0 Å². The lowest BCUT2D eigenvalue weighted by molar-refractivity contribution is 0.0840. The van der Waals surface area contributed by atoms with Crippen molar-refractivity contribution in [3.05, 3.63) is 35.9 Å². The van der Waals surface area contributed by atoms with Gasteiger partial charge in [-0.05, 0) is 51.1 Å². The first-order chi connectivity index (χ1) is 9.59. The molecule has 110 valence electrons. The Kier molecular flexibility index (Phi) is 5.36. The van der Waals surface area contributed by atoms with E-state index in [4.69, 9.17) is 0 Å². The zero-order chi connectivity index (χ0) is 14.5. The first kappa shape index (κ1) is 15.2. The van der Waals surface area contributed by atoms with Crippen molar-refractivity contribution in [1.29, 1.82) is 0 Å². The normalized spacial score (nSPS) is 22.5. The van der Waals surface area contributed by atoms with E-state index in [0.717, 1.165) is 30.5 Å². The van der Waals surface area contributed by atoms with E-state index < -0.39 is 0 Å². The van der Waals surface area contributed by atoms with Gasteiger partial charge in [0.2, 0.25) is 0 Å². The van der Waals surface area contributed by atoms with Gasteiger partial charge in [0.25, 0.3) is 0 Å². The molecule has 1 fully saturated rings. The first-order valence-electron chi connectivity index (χ1n) is 7.93. The third-order valence-electron chi connectivity index (χ3n) is 4.74. The molecule has 0 aromatic heterocycles. The van der Waals surface area contributed by atoms with Crippen LogP contribution in [0, 0.1) is 11.8 Å². The molecule has 1 aromatic rings. The van der Waals surface area contributed by atoms with Crippen LogP contribution in [0.2, 0.25) is 0 Å². The topological polar surface area (TPSA) is 20.3 Å². The van der Waals surface area contributed by atoms with Gasteiger partial charge >= 0.3 is 0 Å². The van der Waals surface area contributed by atoms with Gasteiger partial charge in [0.15, 0.2) is 5.78 Å². The zero-order valence-electron chi connectivity index (χ0n) is 13.0. The number of Topliss-reactive ketones (excluding diaryl/α,β-unsaturated/α-hetero) is 1. The Labute approximate surface area is 123 Å². The van der Waals surface area contributed by atoms with E-state index in [9.17, 15) is 4.79 Å². The Balaban J connectivity index is 1.99. The number of carbonyl (C=O) groups excluding carboxylic acids is 1. The van der Waals surface area contributed by atoms with E-state index >= 15 is 0 Å². The monoisotopic (exact) mass is 273 g/mol. The van der Waals surface area contributed by atoms with E-state index in [0.29, 0.717) is 0 Å². The predicted molar refractivity (Wildman–Crippen MR) is 84.0 cm³/mol. The molecule has 0 saturated carbocycles. The van der Waals surface area contributed by atoms with E-state index in [1.807, 2.05) is 30.3 Å². The standard InChI is InChI=1S/C18H27NO/c1-14(2)16-10-7-12-19(13-11-16)15(3)18(20)17-8-5-4-6-9-17/h4-6,8-9,14-16H,7,10-13H2,1-3H3. The van der Waals surface area contributed by atoms with Gasteiger partial charge in [0.1, 0.15) is 0 Å². The number of likely N-dealkylation sites (tertiary alicyclic amines) is 1. The highest BCUT2D eigenvalue weighted by molar-refractivity contribution is 5.99. The summed E-state index contributed by atoms with van der Waals surface area (Å²) in [5.74, 6) is 1.84. The molecule has 0 N–H and O–H groups in total. The summed E-state index contributed by atoms with van der Waals surface area (Å²) in [5.41, 5.74) is 0.838. The maximum absolute atomic E-state index is 12.5. The highest BCUT2D eigenvalue weighted by atomic mass is 16.1. The molecule has 2 nitrogen and oxygen atoms in total. The van der Waals surface area contributed by atoms with E-state index in [2.05, 4.69) is 25.7 Å². The lowest BCUT2D eigenvalue weighted by Gasteiger charge is -2.27. The van der Waals surface area contributed by atoms with Crippen molar-refractivity contribution in [2.24, 2.45) is 11.8 Å². The van der Waals surface area contributed by atoms with Crippen molar-refractivity contribution in [3.63, 3.8) is 0 Å².